The van der Waals surface area contributed by atoms with E-state index in [1.165, 1.54) is 19.3 Å². The summed E-state index contributed by atoms with van der Waals surface area (Å²) in [5, 5.41) is 2.30. The lowest BCUT2D eigenvalue weighted by molar-refractivity contribution is 0.487. The lowest BCUT2D eigenvalue weighted by atomic mass is 10.0. The van der Waals surface area contributed by atoms with E-state index in [1.54, 1.807) is 0 Å². The average Bonchev–Trinajstić information content (AvgIpc) is 1.88. The van der Waals surface area contributed by atoms with Crippen molar-refractivity contribution >= 4 is 31.9 Å². The van der Waals surface area contributed by atoms with Crippen molar-refractivity contribution in [2.75, 3.05) is 10.7 Å². The van der Waals surface area contributed by atoms with Crippen molar-refractivity contribution in [2.45, 2.75) is 26.2 Å². The molecule has 9 heavy (non-hydrogen) atoms. The molecule has 0 aliphatic heterocycles. The smallest absolute Gasteiger partial charge is 0.00339 e. The van der Waals surface area contributed by atoms with E-state index in [9.17, 15) is 0 Å². The largest absolute Gasteiger partial charge is 0.0928 e. The number of hydrogen-bond donors (Lipinski definition) is 0. The summed E-state index contributed by atoms with van der Waals surface area (Å²) in [6.07, 6.45) is 3.96. The molecule has 0 nitrogen and oxygen atoms in total. The first-order valence-electron chi connectivity index (χ1n) is 3.47. The first-order chi connectivity index (χ1) is 4.35. The lowest BCUT2D eigenvalue weighted by Gasteiger charge is -2.09. The van der Waals surface area contributed by atoms with Gasteiger partial charge >= 0.3 is 0 Å². The summed E-state index contributed by atoms with van der Waals surface area (Å²) in [5.74, 6) is 0.920. The van der Waals surface area contributed by atoms with Crippen LogP contribution in [0.25, 0.3) is 0 Å². The minimum absolute atomic E-state index is 0.920. The molecule has 0 fully saturated rings. The van der Waals surface area contributed by atoms with E-state index in [2.05, 4.69) is 38.8 Å². The topological polar surface area (TPSA) is 0 Å². The van der Waals surface area contributed by atoms with Gasteiger partial charge in [-0.3, -0.25) is 0 Å². The molecule has 0 bridgehead atoms. The molecule has 2 heteroatoms. The van der Waals surface area contributed by atoms with Crippen LogP contribution < -0.4 is 0 Å². The highest BCUT2D eigenvalue weighted by atomic mass is 79.9. The number of hydrogen-bond acceptors (Lipinski definition) is 0. The predicted molar refractivity (Wildman–Crippen MR) is 50.6 cm³/mol. The third kappa shape index (κ3) is 5.41. The SMILES string of the molecule is CCC(CCBr)CCBr. The highest BCUT2D eigenvalue weighted by Gasteiger charge is 2.02. The average molecular weight is 258 g/mol. The maximum atomic E-state index is 3.45. The van der Waals surface area contributed by atoms with Crippen molar-refractivity contribution < 1.29 is 0 Å². The van der Waals surface area contributed by atoms with Gasteiger partial charge in [0.05, 0.1) is 0 Å². The van der Waals surface area contributed by atoms with Crippen LogP contribution in [0.3, 0.4) is 0 Å². The second-order valence-electron chi connectivity index (χ2n) is 2.23. The van der Waals surface area contributed by atoms with E-state index in [0.717, 1.165) is 16.6 Å². The molecule has 0 saturated heterocycles. The summed E-state index contributed by atoms with van der Waals surface area (Å²) >= 11 is 6.89. The maximum absolute atomic E-state index is 3.45. The summed E-state index contributed by atoms with van der Waals surface area (Å²) in [6.45, 7) is 2.26. The van der Waals surface area contributed by atoms with Crippen LogP contribution in [0.5, 0.6) is 0 Å². The standard InChI is InChI=1S/C7H14Br2/c1-2-7(3-5-8)4-6-9/h7H,2-6H2,1H3. The predicted octanol–water partition coefficient (Wildman–Crippen LogP) is 3.58. The number of halogens is 2. The summed E-state index contributed by atoms with van der Waals surface area (Å²) < 4.78 is 0. The van der Waals surface area contributed by atoms with Crippen molar-refractivity contribution in [1.82, 2.24) is 0 Å². The molecule has 0 saturated carbocycles. The van der Waals surface area contributed by atoms with Gasteiger partial charge in [-0.25, -0.2) is 0 Å². The highest BCUT2D eigenvalue weighted by Crippen LogP contribution is 2.14. The summed E-state index contributed by atoms with van der Waals surface area (Å²) in [4.78, 5) is 0. The van der Waals surface area contributed by atoms with Crippen LogP contribution in [0.15, 0.2) is 0 Å². The van der Waals surface area contributed by atoms with Crippen LogP contribution in [-0.4, -0.2) is 10.7 Å². The molecular formula is C7H14Br2. The van der Waals surface area contributed by atoms with Gasteiger partial charge in [-0.05, 0) is 18.8 Å². The molecule has 56 valence electrons. The van der Waals surface area contributed by atoms with Crippen LogP contribution >= 0.6 is 31.9 Å². The zero-order valence-electron chi connectivity index (χ0n) is 5.87. The Kier molecular flexibility index (Phi) is 7.83. The minimum Gasteiger partial charge on any atom is -0.0928 e. The first kappa shape index (κ1) is 9.96. The molecule has 0 unspecified atom stereocenters. The van der Waals surface area contributed by atoms with Gasteiger partial charge in [0.15, 0.2) is 0 Å². The van der Waals surface area contributed by atoms with Crippen LogP contribution in [0.1, 0.15) is 26.2 Å². The lowest BCUT2D eigenvalue weighted by Crippen LogP contribution is -1.99. The van der Waals surface area contributed by atoms with Crippen LogP contribution in [0.4, 0.5) is 0 Å². The molecule has 0 spiro atoms. The molecule has 0 radical (unpaired) electrons. The summed E-state index contributed by atoms with van der Waals surface area (Å²) in [7, 11) is 0. The zero-order chi connectivity index (χ0) is 7.11. The fourth-order valence-corrected chi connectivity index (χ4v) is 2.16. The number of rotatable bonds is 5. The van der Waals surface area contributed by atoms with Crippen molar-refractivity contribution in [3.8, 4) is 0 Å². The maximum Gasteiger partial charge on any atom is 0.00339 e. The first-order valence-corrected chi connectivity index (χ1v) is 5.71. The van der Waals surface area contributed by atoms with E-state index < -0.39 is 0 Å². The molecule has 0 aromatic rings. The quantitative estimate of drug-likeness (QED) is 0.661. The number of alkyl halides is 2. The third-order valence-electron chi connectivity index (χ3n) is 1.61. The van der Waals surface area contributed by atoms with E-state index in [-0.39, 0.29) is 0 Å². The molecule has 0 rings (SSSR count). The van der Waals surface area contributed by atoms with Crippen LogP contribution in [0, 0.1) is 5.92 Å². The van der Waals surface area contributed by atoms with Gasteiger partial charge in [0.25, 0.3) is 0 Å². The van der Waals surface area contributed by atoms with Crippen molar-refractivity contribution in [3.05, 3.63) is 0 Å². The van der Waals surface area contributed by atoms with Crippen molar-refractivity contribution in [3.63, 3.8) is 0 Å². The molecule has 0 aliphatic rings. The summed E-state index contributed by atoms with van der Waals surface area (Å²) in [6, 6.07) is 0. The molecule has 0 aromatic carbocycles. The fraction of sp³-hybridized carbons (Fsp3) is 1.00. The van der Waals surface area contributed by atoms with Gasteiger partial charge in [0, 0.05) is 10.7 Å². The second kappa shape index (κ2) is 7.07. The Morgan fingerprint density at radius 3 is 1.78 bits per heavy atom. The van der Waals surface area contributed by atoms with E-state index in [0.29, 0.717) is 0 Å². The highest BCUT2D eigenvalue weighted by molar-refractivity contribution is 9.09. The van der Waals surface area contributed by atoms with E-state index >= 15 is 0 Å². The Hall–Kier alpha value is 0.960. The molecule has 0 amide bonds. The fourth-order valence-electron chi connectivity index (χ4n) is 0.861. The molecular weight excluding hydrogens is 244 g/mol. The van der Waals surface area contributed by atoms with Gasteiger partial charge in [0.1, 0.15) is 0 Å². The van der Waals surface area contributed by atoms with Gasteiger partial charge in [0.2, 0.25) is 0 Å². The van der Waals surface area contributed by atoms with Crippen LogP contribution in [0.2, 0.25) is 0 Å². The van der Waals surface area contributed by atoms with Gasteiger partial charge < -0.3 is 0 Å². The molecule has 0 atom stereocenters. The Bertz CT molecular complexity index is 48.9. The molecule has 0 aliphatic carbocycles. The Labute approximate surface area is 74.7 Å². The van der Waals surface area contributed by atoms with Gasteiger partial charge in [-0.2, -0.15) is 0 Å². The molecule has 0 N–H and O–H groups in total. The van der Waals surface area contributed by atoms with Crippen LogP contribution in [-0.2, 0) is 0 Å². The third-order valence-corrected chi connectivity index (χ3v) is 2.53. The van der Waals surface area contributed by atoms with E-state index in [4.69, 9.17) is 0 Å². The van der Waals surface area contributed by atoms with Gasteiger partial charge in [-0.15, -0.1) is 0 Å². The molecule has 0 aromatic heterocycles. The second-order valence-corrected chi connectivity index (χ2v) is 3.82. The monoisotopic (exact) mass is 256 g/mol. The Morgan fingerprint density at radius 2 is 1.56 bits per heavy atom. The zero-order valence-corrected chi connectivity index (χ0v) is 9.04. The van der Waals surface area contributed by atoms with Crippen molar-refractivity contribution in [1.29, 1.82) is 0 Å². The Balaban J connectivity index is 3.18. The van der Waals surface area contributed by atoms with Crippen molar-refractivity contribution in [2.24, 2.45) is 5.92 Å². The Morgan fingerprint density at radius 1 is 1.11 bits per heavy atom. The van der Waals surface area contributed by atoms with E-state index in [1.807, 2.05) is 0 Å². The minimum atomic E-state index is 0.920. The molecule has 0 heterocycles. The van der Waals surface area contributed by atoms with Gasteiger partial charge in [-0.1, -0.05) is 45.2 Å². The summed E-state index contributed by atoms with van der Waals surface area (Å²) in [5.41, 5.74) is 0. The normalized spacial score (nSPS) is 10.7.